The van der Waals surface area contributed by atoms with Gasteiger partial charge < -0.3 is 20.1 Å². The second kappa shape index (κ2) is 8.87. The first-order chi connectivity index (χ1) is 13.4. The van der Waals surface area contributed by atoms with Gasteiger partial charge in [-0.25, -0.2) is 0 Å². The Balaban J connectivity index is 1.64. The van der Waals surface area contributed by atoms with Crippen molar-refractivity contribution in [2.45, 2.75) is 39.2 Å². The summed E-state index contributed by atoms with van der Waals surface area (Å²) >= 11 is 1.37. The minimum atomic E-state index is -0.537. The molecule has 2 N–H and O–H groups in total. The van der Waals surface area contributed by atoms with Gasteiger partial charge in [-0.15, -0.1) is 11.3 Å². The lowest BCUT2D eigenvalue weighted by Gasteiger charge is -2.29. The Kier molecular flexibility index (Phi) is 6.51. The molecule has 7 nitrogen and oxygen atoms in total. The molecule has 0 unspecified atom stereocenters. The predicted molar refractivity (Wildman–Crippen MR) is 110 cm³/mol. The standard InChI is InChI=1S/C20H27N3O4S/c1-13(2)23-19(27)16(17(25)15-6-11-28-20(15)23)18(26)21-7-3-8-22-9-4-14(12-24)5-10-22/h6,11-14,25H,3-5,7-10H2,1-2H3,(H,21,26). The van der Waals surface area contributed by atoms with Crippen molar-refractivity contribution in [1.29, 1.82) is 0 Å². The number of thiophene rings is 1. The lowest BCUT2D eigenvalue weighted by atomic mass is 9.98. The number of aromatic nitrogens is 1. The molecule has 0 aliphatic carbocycles. The summed E-state index contributed by atoms with van der Waals surface area (Å²) in [6, 6.07) is 1.61. The van der Waals surface area contributed by atoms with Crippen LogP contribution in [0.15, 0.2) is 16.2 Å². The van der Waals surface area contributed by atoms with Gasteiger partial charge in [-0.3, -0.25) is 14.2 Å². The number of carbonyl (C=O) groups excluding carboxylic acids is 2. The zero-order chi connectivity index (χ0) is 20.3. The highest BCUT2D eigenvalue weighted by atomic mass is 32.1. The van der Waals surface area contributed by atoms with E-state index in [0.29, 0.717) is 16.8 Å². The van der Waals surface area contributed by atoms with Gasteiger partial charge in [0, 0.05) is 18.5 Å². The van der Waals surface area contributed by atoms with Crippen LogP contribution >= 0.6 is 11.3 Å². The van der Waals surface area contributed by atoms with Gasteiger partial charge in [0.1, 0.15) is 22.4 Å². The Bertz CT molecular complexity index is 910. The first kappa shape index (κ1) is 20.5. The lowest BCUT2D eigenvalue weighted by molar-refractivity contribution is -0.112. The fourth-order valence-corrected chi connectivity index (χ4v) is 4.73. The van der Waals surface area contributed by atoms with Gasteiger partial charge in [0.2, 0.25) is 0 Å². The van der Waals surface area contributed by atoms with Gasteiger partial charge in [-0.1, -0.05) is 0 Å². The number of likely N-dealkylation sites (tertiary alicyclic amines) is 1. The number of nitrogens with zero attached hydrogens (tertiary/aromatic N) is 2. The topological polar surface area (TPSA) is 91.6 Å². The van der Waals surface area contributed by atoms with Crippen LogP contribution in [0.25, 0.3) is 10.2 Å². The van der Waals surface area contributed by atoms with E-state index in [2.05, 4.69) is 10.2 Å². The molecule has 8 heteroatoms. The molecule has 2 aromatic rings. The van der Waals surface area contributed by atoms with Crippen LogP contribution in [0.5, 0.6) is 5.75 Å². The van der Waals surface area contributed by atoms with E-state index >= 15 is 0 Å². The van der Waals surface area contributed by atoms with Gasteiger partial charge >= 0.3 is 0 Å². The summed E-state index contributed by atoms with van der Waals surface area (Å²) in [5.74, 6) is -0.606. The Morgan fingerprint density at radius 1 is 1.39 bits per heavy atom. The molecule has 2 aromatic heterocycles. The quantitative estimate of drug-likeness (QED) is 0.545. The molecular weight excluding hydrogens is 378 g/mol. The van der Waals surface area contributed by atoms with E-state index in [1.807, 2.05) is 13.8 Å². The van der Waals surface area contributed by atoms with E-state index < -0.39 is 11.5 Å². The number of amides is 1. The minimum Gasteiger partial charge on any atom is -0.506 e. The summed E-state index contributed by atoms with van der Waals surface area (Å²) in [4.78, 5) is 39.2. The molecule has 1 saturated heterocycles. The molecule has 0 atom stereocenters. The predicted octanol–water partition coefficient (Wildman–Crippen LogP) is 2.38. The SMILES string of the molecule is CC(C)n1c(=O)c(C(=O)NCCCN2CCC(C=O)CC2)c(O)c2ccsc21. The number of rotatable bonds is 7. The Hall–Kier alpha value is -2.19. The Morgan fingerprint density at radius 3 is 2.75 bits per heavy atom. The zero-order valence-electron chi connectivity index (χ0n) is 16.3. The summed E-state index contributed by atoms with van der Waals surface area (Å²) in [6.45, 7) is 6.81. The molecule has 0 radical (unpaired) electrons. The number of fused-ring (bicyclic) bond motifs is 1. The Labute approximate surface area is 168 Å². The molecule has 3 rings (SSSR count). The van der Waals surface area contributed by atoms with Crippen LogP contribution in [-0.2, 0) is 4.79 Å². The highest BCUT2D eigenvalue weighted by molar-refractivity contribution is 7.16. The van der Waals surface area contributed by atoms with E-state index in [1.165, 1.54) is 11.3 Å². The molecule has 28 heavy (non-hydrogen) atoms. The fraction of sp³-hybridized carbons (Fsp3) is 0.550. The fourth-order valence-electron chi connectivity index (χ4n) is 3.70. The molecule has 0 aromatic carbocycles. The smallest absolute Gasteiger partial charge is 0.268 e. The summed E-state index contributed by atoms with van der Waals surface area (Å²) in [6.07, 6.45) is 3.56. The molecule has 1 amide bonds. The van der Waals surface area contributed by atoms with Crippen molar-refractivity contribution in [3.05, 3.63) is 27.4 Å². The van der Waals surface area contributed by atoms with Gasteiger partial charge in [0.25, 0.3) is 11.5 Å². The van der Waals surface area contributed by atoms with Crippen molar-refractivity contribution in [2.75, 3.05) is 26.2 Å². The first-order valence-corrected chi connectivity index (χ1v) is 10.6. The molecule has 0 bridgehead atoms. The van der Waals surface area contributed by atoms with Crippen LogP contribution < -0.4 is 10.9 Å². The first-order valence-electron chi connectivity index (χ1n) is 9.74. The van der Waals surface area contributed by atoms with Gasteiger partial charge in [0.05, 0.1) is 5.39 Å². The van der Waals surface area contributed by atoms with Crippen LogP contribution in [0.3, 0.4) is 0 Å². The summed E-state index contributed by atoms with van der Waals surface area (Å²) in [5, 5.41) is 15.6. The van der Waals surface area contributed by atoms with E-state index in [0.717, 1.165) is 45.2 Å². The number of hydrogen-bond donors (Lipinski definition) is 2. The van der Waals surface area contributed by atoms with Crippen LogP contribution in [0.4, 0.5) is 0 Å². The molecule has 152 valence electrons. The third kappa shape index (κ3) is 4.12. The van der Waals surface area contributed by atoms with Crippen molar-refractivity contribution in [3.8, 4) is 5.75 Å². The highest BCUT2D eigenvalue weighted by Gasteiger charge is 2.24. The molecule has 1 aliphatic rings. The van der Waals surface area contributed by atoms with Crippen LogP contribution in [-0.4, -0.2) is 52.9 Å². The molecular formula is C20H27N3O4S. The number of aromatic hydroxyl groups is 1. The average Bonchev–Trinajstić information content (AvgIpc) is 3.15. The van der Waals surface area contributed by atoms with E-state index in [1.54, 1.807) is 16.0 Å². The van der Waals surface area contributed by atoms with Crippen LogP contribution in [0, 0.1) is 5.92 Å². The third-order valence-electron chi connectivity index (χ3n) is 5.29. The molecule has 0 saturated carbocycles. The monoisotopic (exact) mass is 405 g/mol. The second-order valence-corrected chi connectivity index (χ2v) is 8.45. The molecule has 1 fully saturated rings. The maximum atomic E-state index is 12.8. The summed E-state index contributed by atoms with van der Waals surface area (Å²) < 4.78 is 1.56. The number of carbonyl (C=O) groups is 2. The van der Waals surface area contributed by atoms with Gasteiger partial charge in [-0.2, -0.15) is 0 Å². The highest BCUT2D eigenvalue weighted by Crippen LogP contribution is 2.31. The number of piperidine rings is 1. The van der Waals surface area contributed by atoms with Crippen molar-refractivity contribution in [3.63, 3.8) is 0 Å². The summed E-state index contributed by atoms with van der Waals surface area (Å²) in [7, 11) is 0. The molecule has 0 spiro atoms. The zero-order valence-corrected chi connectivity index (χ0v) is 17.1. The van der Waals surface area contributed by atoms with Crippen LogP contribution in [0.2, 0.25) is 0 Å². The maximum Gasteiger partial charge on any atom is 0.268 e. The second-order valence-electron chi connectivity index (χ2n) is 7.56. The van der Waals surface area contributed by atoms with E-state index in [4.69, 9.17) is 0 Å². The number of pyridine rings is 1. The lowest BCUT2D eigenvalue weighted by Crippen LogP contribution is -2.37. The summed E-state index contributed by atoms with van der Waals surface area (Å²) in [5.41, 5.74) is -0.651. The van der Waals surface area contributed by atoms with Crippen molar-refractivity contribution in [2.24, 2.45) is 5.92 Å². The van der Waals surface area contributed by atoms with E-state index in [-0.39, 0.29) is 23.3 Å². The van der Waals surface area contributed by atoms with Crippen molar-refractivity contribution >= 4 is 33.7 Å². The number of aldehydes is 1. The van der Waals surface area contributed by atoms with Crippen molar-refractivity contribution in [1.82, 2.24) is 14.8 Å². The van der Waals surface area contributed by atoms with Gasteiger partial charge in [-0.05, 0) is 64.2 Å². The molecule has 1 aliphatic heterocycles. The largest absolute Gasteiger partial charge is 0.506 e. The van der Waals surface area contributed by atoms with E-state index in [9.17, 15) is 19.5 Å². The normalized spacial score (nSPS) is 16.0. The average molecular weight is 406 g/mol. The maximum absolute atomic E-state index is 12.8. The number of nitrogens with one attached hydrogen (secondary N) is 1. The van der Waals surface area contributed by atoms with Gasteiger partial charge in [0.15, 0.2) is 0 Å². The number of hydrogen-bond acceptors (Lipinski definition) is 6. The van der Waals surface area contributed by atoms with Crippen molar-refractivity contribution < 1.29 is 14.7 Å². The molecule has 3 heterocycles. The Morgan fingerprint density at radius 2 is 2.11 bits per heavy atom. The third-order valence-corrected chi connectivity index (χ3v) is 6.21. The minimum absolute atomic E-state index is 0.116. The van der Waals surface area contributed by atoms with Crippen LogP contribution in [0.1, 0.15) is 49.5 Å².